The first-order chi connectivity index (χ1) is 19.8. The average molecular weight is 585 g/mol. The van der Waals surface area contributed by atoms with Gasteiger partial charge in [0.1, 0.15) is 34.8 Å². The molecule has 1 amide bonds. The van der Waals surface area contributed by atoms with Crippen LogP contribution in [0.2, 0.25) is 0 Å². The van der Waals surface area contributed by atoms with Crippen LogP contribution in [-0.4, -0.2) is 40.7 Å². The van der Waals surface area contributed by atoms with Crippen molar-refractivity contribution in [3.05, 3.63) is 83.6 Å². The summed E-state index contributed by atoms with van der Waals surface area (Å²) in [6, 6.07) is 15.6. The Morgan fingerprint density at radius 3 is 2.33 bits per heavy atom. The molecule has 1 fully saturated rings. The van der Waals surface area contributed by atoms with E-state index in [-0.39, 0.29) is 38.0 Å². The van der Waals surface area contributed by atoms with Gasteiger partial charge in [0.05, 0.1) is 6.54 Å². The number of carbonyl (C=O) groups is 1. The van der Waals surface area contributed by atoms with Crippen LogP contribution in [0.15, 0.2) is 65.1 Å². The molecule has 1 atom stereocenters. The van der Waals surface area contributed by atoms with Gasteiger partial charge in [0.2, 0.25) is 0 Å². The number of aliphatic hydroxyl groups is 1. The van der Waals surface area contributed by atoms with Crippen LogP contribution in [0.1, 0.15) is 51.2 Å². The molecule has 10 heteroatoms. The molecule has 2 N–H and O–H groups in total. The van der Waals surface area contributed by atoms with E-state index < -0.39 is 35.5 Å². The number of hydrogen-bond acceptors (Lipinski definition) is 5. The minimum absolute atomic E-state index is 0.0271. The lowest BCUT2D eigenvalue weighted by Gasteiger charge is -2.35. The number of nitrogens with one attached hydrogen (secondary N) is 1. The number of benzene rings is 3. The summed E-state index contributed by atoms with van der Waals surface area (Å²) in [4.78, 5) is 13.8. The summed E-state index contributed by atoms with van der Waals surface area (Å²) in [7, 11) is 0. The summed E-state index contributed by atoms with van der Waals surface area (Å²) >= 11 is 0. The number of nitrogens with zero attached hydrogens (tertiary/aromatic N) is 1. The molecular formula is C32H32F4N2O4. The molecule has 1 aliphatic rings. The van der Waals surface area contributed by atoms with Crippen molar-refractivity contribution >= 4 is 17.1 Å². The van der Waals surface area contributed by atoms with E-state index in [1.807, 2.05) is 6.07 Å². The summed E-state index contributed by atoms with van der Waals surface area (Å²) in [5, 5.41) is 14.0. The van der Waals surface area contributed by atoms with E-state index in [0.717, 1.165) is 17.7 Å². The molecule has 42 heavy (non-hydrogen) atoms. The second kappa shape index (κ2) is 11.4. The van der Waals surface area contributed by atoms with Crippen LogP contribution in [0.4, 0.5) is 22.4 Å². The fourth-order valence-corrected chi connectivity index (χ4v) is 5.00. The van der Waals surface area contributed by atoms with Gasteiger partial charge in [-0.05, 0) is 67.8 Å². The van der Waals surface area contributed by atoms with E-state index in [1.54, 1.807) is 62.1 Å². The fourth-order valence-electron chi connectivity index (χ4n) is 5.00. The minimum atomic E-state index is -2.71. The van der Waals surface area contributed by atoms with Crippen molar-refractivity contribution in [2.24, 2.45) is 0 Å². The van der Waals surface area contributed by atoms with Crippen LogP contribution < -0.4 is 5.32 Å². The van der Waals surface area contributed by atoms with Crippen molar-refractivity contribution in [1.82, 2.24) is 10.2 Å². The Kier molecular flexibility index (Phi) is 8.04. The Hall–Kier alpha value is -3.89. The summed E-state index contributed by atoms with van der Waals surface area (Å²) in [6.45, 7) is 5.46. The van der Waals surface area contributed by atoms with E-state index in [2.05, 4.69) is 5.32 Å². The first-order valence-electron chi connectivity index (χ1n) is 13.7. The van der Waals surface area contributed by atoms with Gasteiger partial charge in [-0.25, -0.2) is 22.4 Å². The molecule has 0 saturated carbocycles. The van der Waals surface area contributed by atoms with Crippen LogP contribution in [-0.2, 0) is 11.3 Å². The highest BCUT2D eigenvalue weighted by atomic mass is 19.3. The molecular weight excluding hydrogens is 552 g/mol. The number of amides is 1. The summed E-state index contributed by atoms with van der Waals surface area (Å²) < 4.78 is 67.1. The molecule has 3 aromatic carbocycles. The summed E-state index contributed by atoms with van der Waals surface area (Å²) in [6.07, 6.45) is -2.24. The lowest BCUT2D eigenvalue weighted by Crippen LogP contribution is -2.41. The quantitative estimate of drug-likeness (QED) is 0.226. The minimum Gasteiger partial charge on any atom is -0.459 e. The van der Waals surface area contributed by atoms with E-state index in [9.17, 15) is 27.5 Å². The van der Waals surface area contributed by atoms with Crippen molar-refractivity contribution in [3.8, 4) is 22.3 Å². The van der Waals surface area contributed by atoms with E-state index in [0.29, 0.717) is 33.4 Å². The number of likely N-dealkylation sites (tertiary alicyclic amines) is 1. The van der Waals surface area contributed by atoms with Gasteiger partial charge in [-0.15, -0.1) is 0 Å². The van der Waals surface area contributed by atoms with Gasteiger partial charge in [-0.2, -0.15) is 0 Å². The monoisotopic (exact) mass is 584 g/mol. The number of aliphatic hydroxyl groups excluding tert-OH is 1. The molecule has 0 aliphatic carbocycles. The number of alkyl halides is 2. The predicted octanol–water partition coefficient (Wildman–Crippen LogP) is 7.79. The lowest BCUT2D eigenvalue weighted by atomic mass is 9.95. The normalized spacial score (nSPS) is 16.4. The highest BCUT2D eigenvalue weighted by Gasteiger charge is 2.36. The number of ether oxygens (including phenoxy) is 1. The second-order valence-corrected chi connectivity index (χ2v) is 11.5. The molecule has 1 unspecified atom stereocenters. The number of alkyl carbamates (subject to hydrolysis) is 1. The number of piperidine rings is 1. The third kappa shape index (κ3) is 6.77. The number of furan rings is 1. The molecule has 5 rings (SSSR count). The molecule has 0 bridgehead atoms. The summed E-state index contributed by atoms with van der Waals surface area (Å²) in [5.74, 6) is -3.78. The van der Waals surface area contributed by atoms with Gasteiger partial charge in [0.15, 0.2) is 0 Å². The maximum Gasteiger partial charge on any atom is 0.408 e. The summed E-state index contributed by atoms with van der Waals surface area (Å²) in [5.41, 5.74) is 2.23. The maximum atomic E-state index is 14.9. The van der Waals surface area contributed by atoms with E-state index in [4.69, 9.17) is 9.15 Å². The molecule has 1 aliphatic heterocycles. The number of halogens is 4. The van der Waals surface area contributed by atoms with Crippen molar-refractivity contribution in [2.45, 2.75) is 57.9 Å². The van der Waals surface area contributed by atoms with E-state index >= 15 is 0 Å². The number of rotatable bonds is 6. The zero-order valence-electron chi connectivity index (χ0n) is 23.5. The van der Waals surface area contributed by atoms with Crippen LogP contribution >= 0.6 is 0 Å². The second-order valence-electron chi connectivity index (χ2n) is 11.5. The molecule has 0 radical (unpaired) electrons. The van der Waals surface area contributed by atoms with Gasteiger partial charge in [-0.3, -0.25) is 4.90 Å². The third-order valence-electron chi connectivity index (χ3n) is 7.11. The molecule has 1 saturated heterocycles. The topological polar surface area (TPSA) is 74.9 Å². The number of fused-ring (bicyclic) bond motifs is 1. The van der Waals surface area contributed by atoms with Gasteiger partial charge >= 0.3 is 6.09 Å². The Balaban J connectivity index is 1.46. The van der Waals surface area contributed by atoms with Crippen LogP contribution in [0.25, 0.3) is 33.2 Å². The first-order valence-corrected chi connectivity index (χ1v) is 13.7. The Morgan fingerprint density at radius 2 is 1.69 bits per heavy atom. The highest BCUT2D eigenvalue weighted by molar-refractivity contribution is 5.97. The van der Waals surface area contributed by atoms with Crippen molar-refractivity contribution < 1.29 is 36.6 Å². The third-order valence-corrected chi connectivity index (χ3v) is 7.11. The smallest absolute Gasteiger partial charge is 0.408 e. The van der Waals surface area contributed by atoms with Crippen LogP contribution in [0.3, 0.4) is 0 Å². The molecule has 0 spiro atoms. The van der Waals surface area contributed by atoms with Gasteiger partial charge < -0.3 is 19.6 Å². The van der Waals surface area contributed by atoms with Crippen molar-refractivity contribution in [3.63, 3.8) is 0 Å². The lowest BCUT2D eigenvalue weighted by molar-refractivity contribution is -0.0961. The average Bonchev–Trinajstić information content (AvgIpc) is 3.34. The van der Waals surface area contributed by atoms with Crippen molar-refractivity contribution in [2.75, 3.05) is 13.1 Å². The Labute approximate surface area is 240 Å². The first kappa shape index (κ1) is 29.6. The van der Waals surface area contributed by atoms with E-state index in [1.165, 1.54) is 6.07 Å². The Morgan fingerprint density at radius 1 is 1.00 bits per heavy atom. The molecule has 1 aromatic heterocycles. The number of carbonyl (C=O) groups excluding carboxylic acids is 1. The van der Waals surface area contributed by atoms with Gasteiger partial charge in [0.25, 0.3) is 5.92 Å². The molecule has 222 valence electrons. The number of hydrogen-bond donors (Lipinski definition) is 2. The zero-order chi connectivity index (χ0) is 30.2. The largest absolute Gasteiger partial charge is 0.459 e. The van der Waals surface area contributed by atoms with Gasteiger partial charge in [0, 0.05) is 48.5 Å². The van der Waals surface area contributed by atoms with Crippen molar-refractivity contribution in [1.29, 1.82) is 0 Å². The fraction of sp³-hybridized carbons (Fsp3) is 0.344. The molecule has 4 aromatic rings. The highest BCUT2D eigenvalue weighted by Crippen LogP contribution is 2.38. The molecule has 6 nitrogen and oxygen atoms in total. The zero-order valence-corrected chi connectivity index (χ0v) is 23.5. The molecule has 2 heterocycles. The SMILES string of the molecule is CC(C)(C)OC(=O)NCc1cc2cc(-c3ccc(C(O)N4CCC(F)(F)CC4)cc3)cc(-c3ccc(F)cc3F)c2o1. The Bertz CT molecular complexity index is 1580. The van der Waals surface area contributed by atoms with Gasteiger partial charge in [-0.1, -0.05) is 24.3 Å². The van der Waals surface area contributed by atoms with Crippen LogP contribution in [0.5, 0.6) is 0 Å². The predicted molar refractivity (Wildman–Crippen MR) is 151 cm³/mol. The maximum absolute atomic E-state index is 14.9. The van der Waals surface area contributed by atoms with Crippen LogP contribution in [0, 0.1) is 11.6 Å². The standard InChI is InChI=1S/C32H32F4N2O4/c1-31(2,3)42-30(40)37-18-24-15-22-14-21(16-26(28(22)41-24)25-9-8-23(33)17-27(25)34)19-4-6-20(7-5-19)29(39)38-12-10-32(35,36)11-13-38/h4-9,14-17,29,39H,10-13,18H2,1-3H3,(H,37,40).